The van der Waals surface area contributed by atoms with Crippen LogP contribution in [-0.4, -0.2) is 17.3 Å². The SMILES string of the molecule is O=C1C(=C2SCCCS2)C2CC1C1CCCC21. The van der Waals surface area contributed by atoms with Crippen LogP contribution in [0.2, 0.25) is 0 Å². The zero-order valence-electron chi connectivity index (χ0n) is 9.98. The van der Waals surface area contributed by atoms with Gasteiger partial charge < -0.3 is 0 Å². The number of rotatable bonds is 0. The van der Waals surface area contributed by atoms with Crippen LogP contribution >= 0.6 is 23.5 Å². The third-order valence-corrected chi connectivity index (χ3v) is 7.77. The van der Waals surface area contributed by atoms with Gasteiger partial charge in [-0.15, -0.1) is 23.5 Å². The van der Waals surface area contributed by atoms with Gasteiger partial charge in [0.15, 0.2) is 5.78 Å². The van der Waals surface area contributed by atoms with E-state index in [9.17, 15) is 4.79 Å². The van der Waals surface area contributed by atoms with Gasteiger partial charge in [-0.3, -0.25) is 4.79 Å². The highest BCUT2D eigenvalue weighted by molar-refractivity contribution is 8.22. The van der Waals surface area contributed by atoms with Crippen LogP contribution in [0.15, 0.2) is 9.81 Å². The van der Waals surface area contributed by atoms with Gasteiger partial charge in [-0.1, -0.05) is 6.42 Å². The predicted octanol–water partition coefficient (Wildman–Crippen LogP) is 3.70. The number of Topliss-reactive ketones (excluding diaryl/α,β-unsaturated/α-hetero) is 1. The maximum Gasteiger partial charge on any atom is 0.164 e. The van der Waals surface area contributed by atoms with Crippen LogP contribution < -0.4 is 0 Å². The standard InChI is InChI=1S/C14H18OS2/c15-13-11-7-10(8-3-1-4-9(8)11)12(13)14-16-5-2-6-17-14/h8-11H,1-7H2. The minimum Gasteiger partial charge on any atom is -0.294 e. The summed E-state index contributed by atoms with van der Waals surface area (Å²) in [4.78, 5) is 12.5. The molecule has 1 heterocycles. The van der Waals surface area contributed by atoms with Crippen molar-refractivity contribution in [3.8, 4) is 0 Å². The molecule has 4 atom stereocenters. The van der Waals surface area contributed by atoms with Gasteiger partial charge in [0.2, 0.25) is 0 Å². The molecular weight excluding hydrogens is 248 g/mol. The maximum atomic E-state index is 12.5. The van der Waals surface area contributed by atoms with Crippen LogP contribution in [-0.2, 0) is 4.79 Å². The fraction of sp³-hybridized carbons (Fsp3) is 0.786. The molecule has 1 saturated heterocycles. The van der Waals surface area contributed by atoms with Crippen molar-refractivity contribution < 1.29 is 4.79 Å². The highest BCUT2D eigenvalue weighted by Crippen LogP contribution is 2.61. The number of carbonyl (C=O) groups is 1. The van der Waals surface area contributed by atoms with Crippen molar-refractivity contribution in [2.24, 2.45) is 23.7 Å². The zero-order chi connectivity index (χ0) is 11.4. The molecule has 0 aromatic carbocycles. The summed E-state index contributed by atoms with van der Waals surface area (Å²) in [6, 6.07) is 0. The number of hydrogen-bond acceptors (Lipinski definition) is 3. The Morgan fingerprint density at radius 1 is 0.941 bits per heavy atom. The van der Waals surface area contributed by atoms with Gasteiger partial charge in [-0.25, -0.2) is 0 Å². The summed E-state index contributed by atoms with van der Waals surface area (Å²) in [5, 5.41) is 0. The molecule has 3 aliphatic carbocycles. The van der Waals surface area contributed by atoms with Crippen LogP contribution in [0.3, 0.4) is 0 Å². The van der Waals surface area contributed by atoms with Crippen molar-refractivity contribution in [1.82, 2.24) is 0 Å². The Labute approximate surface area is 111 Å². The maximum absolute atomic E-state index is 12.5. The first-order chi connectivity index (χ1) is 8.36. The van der Waals surface area contributed by atoms with Crippen molar-refractivity contribution in [1.29, 1.82) is 0 Å². The lowest BCUT2D eigenvalue weighted by molar-refractivity contribution is -0.120. The molecule has 3 heteroatoms. The second-order valence-corrected chi connectivity index (χ2v) is 8.29. The Morgan fingerprint density at radius 3 is 2.41 bits per heavy atom. The van der Waals surface area contributed by atoms with Gasteiger partial charge in [0.25, 0.3) is 0 Å². The van der Waals surface area contributed by atoms with Gasteiger partial charge in [-0.05, 0) is 54.9 Å². The normalized spacial score (nSPS) is 44.6. The molecule has 3 saturated carbocycles. The number of carbonyl (C=O) groups excluding carboxylic acids is 1. The minimum atomic E-state index is 0.429. The van der Waals surface area contributed by atoms with Crippen molar-refractivity contribution >= 4 is 29.3 Å². The Bertz CT molecular complexity index is 393. The summed E-state index contributed by atoms with van der Waals surface area (Å²) in [6.07, 6.45) is 6.61. The fourth-order valence-corrected chi connectivity index (χ4v) is 7.27. The van der Waals surface area contributed by atoms with E-state index >= 15 is 0 Å². The van der Waals surface area contributed by atoms with Crippen molar-refractivity contribution in [2.45, 2.75) is 32.1 Å². The summed E-state index contributed by atoms with van der Waals surface area (Å²) in [5.41, 5.74) is 1.29. The van der Waals surface area contributed by atoms with Gasteiger partial charge in [0.1, 0.15) is 0 Å². The largest absolute Gasteiger partial charge is 0.294 e. The number of allylic oxidation sites excluding steroid dienone is 1. The highest BCUT2D eigenvalue weighted by Gasteiger charge is 2.57. The Hall–Kier alpha value is 0.110. The lowest BCUT2D eigenvalue weighted by atomic mass is 9.79. The minimum absolute atomic E-state index is 0.429. The molecule has 4 aliphatic rings. The summed E-state index contributed by atoms with van der Waals surface area (Å²) in [5.74, 6) is 5.75. The van der Waals surface area contributed by atoms with Crippen LogP contribution in [0.4, 0.5) is 0 Å². The number of thioether (sulfide) groups is 2. The summed E-state index contributed by atoms with van der Waals surface area (Å²) in [7, 11) is 0. The number of fused-ring (bicyclic) bond motifs is 5. The molecule has 4 fully saturated rings. The Morgan fingerprint density at radius 2 is 1.65 bits per heavy atom. The Kier molecular flexibility index (Phi) is 2.62. The van der Waals surface area contributed by atoms with E-state index in [1.54, 1.807) is 0 Å². The van der Waals surface area contributed by atoms with E-state index in [-0.39, 0.29) is 0 Å². The molecule has 0 aromatic rings. The lowest BCUT2D eigenvalue weighted by Gasteiger charge is -2.28. The first kappa shape index (κ1) is 11.0. The third-order valence-electron chi connectivity index (χ3n) is 5.11. The van der Waals surface area contributed by atoms with Crippen molar-refractivity contribution in [2.75, 3.05) is 11.5 Å². The second kappa shape index (κ2) is 4.06. The molecule has 2 bridgehead atoms. The Balaban J connectivity index is 1.71. The molecule has 4 unspecified atom stereocenters. The molecule has 0 radical (unpaired) electrons. The smallest absolute Gasteiger partial charge is 0.164 e. The van der Waals surface area contributed by atoms with Crippen LogP contribution in [0.25, 0.3) is 0 Å². The third kappa shape index (κ3) is 1.51. The molecule has 0 amide bonds. The molecule has 1 nitrogen and oxygen atoms in total. The quantitative estimate of drug-likeness (QED) is 0.622. The van der Waals surface area contributed by atoms with Gasteiger partial charge in [-0.2, -0.15) is 0 Å². The number of ketones is 1. The lowest BCUT2D eigenvalue weighted by Crippen LogP contribution is -2.27. The predicted molar refractivity (Wildman–Crippen MR) is 74.0 cm³/mol. The molecule has 17 heavy (non-hydrogen) atoms. The summed E-state index contributed by atoms with van der Waals surface area (Å²) >= 11 is 3.92. The first-order valence-corrected chi connectivity index (χ1v) is 8.87. The first-order valence-electron chi connectivity index (χ1n) is 6.90. The van der Waals surface area contributed by atoms with E-state index in [4.69, 9.17) is 0 Å². The molecule has 4 rings (SSSR count). The van der Waals surface area contributed by atoms with Crippen LogP contribution in [0, 0.1) is 23.7 Å². The van der Waals surface area contributed by atoms with E-state index in [1.165, 1.54) is 53.4 Å². The van der Waals surface area contributed by atoms with E-state index < -0.39 is 0 Å². The average Bonchev–Trinajstić information content (AvgIpc) is 3.00. The molecule has 0 aromatic heterocycles. The molecular formula is C14H18OS2. The van der Waals surface area contributed by atoms with Gasteiger partial charge >= 0.3 is 0 Å². The van der Waals surface area contributed by atoms with Gasteiger partial charge in [0, 0.05) is 15.7 Å². The van der Waals surface area contributed by atoms with Crippen LogP contribution in [0.5, 0.6) is 0 Å². The second-order valence-electron chi connectivity index (χ2n) is 5.82. The van der Waals surface area contributed by atoms with E-state index in [2.05, 4.69) is 0 Å². The summed E-state index contributed by atoms with van der Waals surface area (Å²) < 4.78 is 1.42. The van der Waals surface area contributed by atoms with E-state index in [1.807, 2.05) is 23.5 Å². The molecule has 92 valence electrons. The van der Waals surface area contributed by atoms with Crippen molar-refractivity contribution in [3.05, 3.63) is 9.81 Å². The average molecular weight is 266 g/mol. The highest BCUT2D eigenvalue weighted by atomic mass is 32.2. The zero-order valence-corrected chi connectivity index (χ0v) is 11.6. The van der Waals surface area contributed by atoms with E-state index in [0.717, 1.165) is 11.8 Å². The molecule has 0 N–H and O–H groups in total. The topological polar surface area (TPSA) is 17.1 Å². The summed E-state index contributed by atoms with van der Waals surface area (Å²) in [6.45, 7) is 0. The molecule has 1 aliphatic heterocycles. The van der Waals surface area contributed by atoms with E-state index in [0.29, 0.717) is 17.6 Å². The van der Waals surface area contributed by atoms with Gasteiger partial charge in [0.05, 0.1) is 0 Å². The monoisotopic (exact) mass is 266 g/mol. The van der Waals surface area contributed by atoms with Crippen LogP contribution in [0.1, 0.15) is 32.1 Å². The molecule has 0 spiro atoms. The number of hydrogen-bond donors (Lipinski definition) is 0. The van der Waals surface area contributed by atoms with Crippen molar-refractivity contribution in [3.63, 3.8) is 0 Å². The fourth-order valence-electron chi connectivity index (χ4n) is 4.49.